The number of rotatable bonds is 7. The third-order valence-electron chi connectivity index (χ3n) is 7.25. The predicted octanol–water partition coefficient (Wildman–Crippen LogP) is 5.28. The number of para-hydroxylation sites is 1. The van der Waals surface area contributed by atoms with Gasteiger partial charge < -0.3 is 10.1 Å². The van der Waals surface area contributed by atoms with Gasteiger partial charge in [0, 0.05) is 21.0 Å². The molecule has 1 N–H and O–H groups in total. The lowest BCUT2D eigenvalue weighted by Crippen LogP contribution is -2.33. The fraction of sp³-hybridized carbons (Fsp3) is 0.194. The van der Waals surface area contributed by atoms with Crippen LogP contribution in [0.15, 0.2) is 93.2 Å². The number of hydrogen-bond donors (Lipinski definition) is 1. The van der Waals surface area contributed by atoms with Crippen molar-refractivity contribution in [3.05, 3.63) is 109 Å². The van der Waals surface area contributed by atoms with Crippen LogP contribution < -0.4 is 15.1 Å². The minimum Gasteiger partial charge on any atom is -0.462 e. The Balaban J connectivity index is 1.38. The second-order valence-electron chi connectivity index (χ2n) is 9.91. The number of hydrogen-bond acceptors (Lipinski definition) is 8. The van der Waals surface area contributed by atoms with E-state index in [0.717, 1.165) is 38.0 Å². The number of thiazole rings is 1. The monoisotopic (exact) mass is 677 g/mol. The summed E-state index contributed by atoms with van der Waals surface area (Å²) in [6.45, 7) is 1.70. The second-order valence-corrected chi connectivity index (χ2v) is 13.0. The Morgan fingerprint density at radius 2 is 1.70 bits per heavy atom. The summed E-state index contributed by atoms with van der Waals surface area (Å²) < 4.78 is 7.22. The molecule has 218 valence electrons. The number of esters is 1. The molecule has 1 fully saturated rings. The molecular weight excluding hydrogens is 654 g/mol. The van der Waals surface area contributed by atoms with E-state index in [-0.39, 0.29) is 23.9 Å². The lowest BCUT2D eigenvalue weighted by molar-refractivity contribution is -0.122. The van der Waals surface area contributed by atoms with E-state index in [1.54, 1.807) is 43.3 Å². The molecule has 3 unspecified atom stereocenters. The average molecular weight is 679 g/mol. The number of nitrogens with zero attached hydrogens (tertiary/aromatic N) is 2. The van der Waals surface area contributed by atoms with Gasteiger partial charge in [0.25, 0.3) is 0 Å². The number of amides is 3. The second kappa shape index (κ2) is 11.9. The molecule has 3 heterocycles. The van der Waals surface area contributed by atoms with Gasteiger partial charge in [0.05, 0.1) is 28.8 Å². The molecule has 3 amide bonds. The molecule has 0 radical (unpaired) electrons. The molecule has 2 aliphatic rings. The molecule has 6 rings (SSSR count). The Morgan fingerprint density at radius 1 is 0.953 bits per heavy atom. The van der Waals surface area contributed by atoms with Gasteiger partial charge in [-0.1, -0.05) is 69.4 Å². The minimum absolute atomic E-state index is 0.227. The topological polar surface area (TPSA) is 115 Å². The molecule has 9 nitrogen and oxygen atoms in total. The molecule has 1 aromatic heterocycles. The van der Waals surface area contributed by atoms with Crippen molar-refractivity contribution in [2.45, 2.75) is 29.7 Å². The zero-order chi connectivity index (χ0) is 30.2. The number of anilines is 2. The van der Waals surface area contributed by atoms with Crippen LogP contribution in [-0.4, -0.2) is 40.1 Å². The van der Waals surface area contributed by atoms with Crippen LogP contribution >= 0.6 is 39.0 Å². The summed E-state index contributed by atoms with van der Waals surface area (Å²) in [6.07, 6.45) is 0. The van der Waals surface area contributed by atoms with E-state index in [4.69, 9.17) is 4.74 Å². The lowest BCUT2D eigenvalue weighted by atomic mass is 9.83. The minimum atomic E-state index is -0.828. The third-order valence-corrected chi connectivity index (χ3v) is 10.3. The summed E-state index contributed by atoms with van der Waals surface area (Å²) in [5.41, 5.74) is 2.02. The molecule has 2 aliphatic heterocycles. The zero-order valence-corrected chi connectivity index (χ0v) is 25.9. The summed E-state index contributed by atoms with van der Waals surface area (Å²) in [5.74, 6) is -3.06. The van der Waals surface area contributed by atoms with Crippen LogP contribution in [-0.2, 0) is 25.7 Å². The third kappa shape index (κ3) is 5.46. The molecule has 0 aliphatic carbocycles. The van der Waals surface area contributed by atoms with Gasteiger partial charge in [-0.15, -0.1) is 0 Å². The van der Waals surface area contributed by atoms with Crippen LogP contribution in [0.25, 0.3) is 0 Å². The Morgan fingerprint density at radius 3 is 2.40 bits per heavy atom. The van der Waals surface area contributed by atoms with Gasteiger partial charge in [-0.25, -0.2) is 9.69 Å². The molecule has 3 aromatic carbocycles. The molecule has 0 bridgehead atoms. The highest BCUT2D eigenvalue weighted by Crippen LogP contribution is 2.54. The number of halogens is 1. The molecule has 0 saturated carbocycles. The molecule has 43 heavy (non-hydrogen) atoms. The first-order chi connectivity index (χ1) is 20.8. The number of imide groups is 1. The maximum Gasteiger partial charge on any atom is 0.338 e. The summed E-state index contributed by atoms with van der Waals surface area (Å²) in [7, 11) is 0. The Kier molecular flexibility index (Phi) is 8.08. The summed E-state index contributed by atoms with van der Waals surface area (Å²) in [4.78, 5) is 67.9. The maximum atomic E-state index is 14.1. The van der Waals surface area contributed by atoms with Crippen molar-refractivity contribution in [3.8, 4) is 0 Å². The molecule has 12 heteroatoms. The van der Waals surface area contributed by atoms with E-state index in [0.29, 0.717) is 26.8 Å². The van der Waals surface area contributed by atoms with Gasteiger partial charge in [-0.05, 0) is 61.0 Å². The van der Waals surface area contributed by atoms with Crippen molar-refractivity contribution < 1.29 is 23.9 Å². The number of fused-ring (bicyclic) bond motifs is 2. The summed E-state index contributed by atoms with van der Waals surface area (Å²) >= 11 is 5.65. The number of carbonyl (C=O) groups is 4. The highest BCUT2D eigenvalue weighted by atomic mass is 79.9. The van der Waals surface area contributed by atoms with Crippen LogP contribution in [0.3, 0.4) is 0 Å². The van der Waals surface area contributed by atoms with E-state index >= 15 is 0 Å². The van der Waals surface area contributed by atoms with Gasteiger partial charge in [-0.2, -0.15) is 0 Å². The van der Waals surface area contributed by atoms with Crippen molar-refractivity contribution in [2.24, 2.45) is 5.92 Å². The first kappa shape index (κ1) is 29.1. The normalized spacial score (nSPS) is 19.1. The number of aromatic nitrogens is 1. The van der Waals surface area contributed by atoms with E-state index in [1.807, 2.05) is 30.3 Å². The van der Waals surface area contributed by atoms with E-state index in [1.165, 1.54) is 16.7 Å². The van der Waals surface area contributed by atoms with Crippen molar-refractivity contribution >= 4 is 74.1 Å². The number of carbonyl (C=O) groups excluding carboxylic acids is 4. The largest absolute Gasteiger partial charge is 0.462 e. The van der Waals surface area contributed by atoms with Crippen molar-refractivity contribution in [2.75, 3.05) is 16.8 Å². The average Bonchev–Trinajstić information content (AvgIpc) is 3.44. The maximum absolute atomic E-state index is 14.1. The Labute approximate surface area is 263 Å². The van der Waals surface area contributed by atoms with E-state index < -0.39 is 34.9 Å². The number of benzene rings is 3. The van der Waals surface area contributed by atoms with E-state index in [2.05, 4.69) is 21.2 Å². The zero-order valence-electron chi connectivity index (χ0n) is 22.7. The standard InChI is InChI=1S/C31H24BrN3O6S2/c1-2-41-30(39)17-11-13-21(14-12-17)35-27(37)24-23(18-7-6-8-19(32)15-18)26-29(42-25(24)28(35)38)34(31(40)43-26)16-22(36)33-20-9-4-3-5-10-20/h3-15,23-25H,2,16H2,1H3,(H,33,36). The molecule has 3 atom stereocenters. The van der Waals surface area contributed by atoms with Crippen LogP contribution in [0.4, 0.5) is 11.4 Å². The molecular formula is C31H24BrN3O6S2. The Hall–Kier alpha value is -4.00. The highest BCUT2D eigenvalue weighted by molar-refractivity contribution is 9.10. The molecule has 1 saturated heterocycles. The van der Waals surface area contributed by atoms with Gasteiger partial charge in [0.15, 0.2) is 0 Å². The quantitative estimate of drug-likeness (QED) is 0.209. The van der Waals surface area contributed by atoms with Crippen LogP contribution in [0.5, 0.6) is 0 Å². The first-order valence-corrected chi connectivity index (χ1v) is 15.9. The van der Waals surface area contributed by atoms with Crippen molar-refractivity contribution in [1.82, 2.24) is 4.57 Å². The Bertz CT molecular complexity index is 1800. The summed E-state index contributed by atoms with van der Waals surface area (Å²) in [6, 6.07) is 22.5. The van der Waals surface area contributed by atoms with Crippen LogP contribution in [0, 0.1) is 5.92 Å². The van der Waals surface area contributed by atoms with Gasteiger partial charge >= 0.3 is 10.8 Å². The van der Waals surface area contributed by atoms with Crippen molar-refractivity contribution in [3.63, 3.8) is 0 Å². The first-order valence-electron chi connectivity index (χ1n) is 13.4. The number of nitrogens with one attached hydrogen (secondary N) is 1. The number of ether oxygens (including phenoxy) is 1. The predicted molar refractivity (Wildman–Crippen MR) is 168 cm³/mol. The van der Waals surface area contributed by atoms with Crippen LogP contribution in [0.2, 0.25) is 0 Å². The SMILES string of the molecule is CCOC(=O)c1ccc(N2C(=O)C3Sc4c(sc(=O)n4CC(=O)Nc4ccccc4)C(c4cccc(Br)c4)C3C2=O)cc1. The van der Waals surface area contributed by atoms with E-state index in [9.17, 15) is 24.0 Å². The molecule has 0 spiro atoms. The fourth-order valence-corrected chi connectivity index (χ4v) is 8.59. The highest BCUT2D eigenvalue weighted by Gasteiger charge is 2.56. The van der Waals surface area contributed by atoms with Crippen LogP contribution in [0.1, 0.15) is 33.6 Å². The molecule has 4 aromatic rings. The van der Waals surface area contributed by atoms with Gasteiger partial charge in [0.1, 0.15) is 11.8 Å². The fourth-order valence-electron chi connectivity index (χ4n) is 5.40. The lowest BCUT2D eigenvalue weighted by Gasteiger charge is -2.30. The smallest absolute Gasteiger partial charge is 0.338 e. The van der Waals surface area contributed by atoms with Crippen molar-refractivity contribution in [1.29, 1.82) is 0 Å². The number of thioether (sulfide) groups is 1. The summed E-state index contributed by atoms with van der Waals surface area (Å²) in [5, 5.41) is 2.48. The van der Waals surface area contributed by atoms with Gasteiger partial charge in [-0.3, -0.25) is 23.7 Å². The van der Waals surface area contributed by atoms with Gasteiger partial charge in [0.2, 0.25) is 17.7 Å².